The van der Waals surface area contributed by atoms with Crippen LogP contribution in [-0.2, 0) is 4.74 Å². The maximum absolute atomic E-state index is 6.00. The number of rotatable bonds is 3. The molecule has 0 saturated carbocycles. The average Bonchev–Trinajstić information content (AvgIpc) is 1.98. The van der Waals surface area contributed by atoms with Crippen LogP contribution in [0.25, 0.3) is 0 Å². The summed E-state index contributed by atoms with van der Waals surface area (Å²) in [6.07, 6.45) is -0.110. The van der Waals surface area contributed by atoms with Gasteiger partial charge in [0.1, 0.15) is 6.23 Å². The van der Waals surface area contributed by atoms with E-state index < -0.39 is 0 Å². The molecule has 90 valence electrons. The fraction of sp³-hybridized carbons (Fsp3) is 0.900. The van der Waals surface area contributed by atoms with Crippen LogP contribution >= 0.6 is 11.6 Å². The molecule has 0 rings (SSSR count). The Morgan fingerprint density at radius 2 is 1.73 bits per heavy atom. The van der Waals surface area contributed by atoms with Crippen LogP contribution in [0.5, 0.6) is 0 Å². The molecule has 1 unspecified atom stereocenters. The van der Waals surface area contributed by atoms with Crippen molar-refractivity contribution in [2.45, 2.75) is 39.5 Å². The van der Waals surface area contributed by atoms with Gasteiger partial charge in [-0.25, -0.2) is 0 Å². The Bertz CT molecular complexity index is 223. The second kappa shape index (κ2) is 5.56. The third-order valence-electron chi connectivity index (χ3n) is 1.64. The Balaban J connectivity index is 4.38. The summed E-state index contributed by atoms with van der Waals surface area (Å²) in [6.45, 7) is 7.97. The second-order valence-electron chi connectivity index (χ2n) is 4.66. The first-order valence-electron chi connectivity index (χ1n) is 4.95. The highest BCUT2D eigenvalue weighted by Crippen LogP contribution is 2.13. The summed E-state index contributed by atoms with van der Waals surface area (Å²) in [5.74, 6) is 0. The summed E-state index contributed by atoms with van der Waals surface area (Å²) >= 11 is 6.00. The summed E-state index contributed by atoms with van der Waals surface area (Å²) < 4.78 is 5.74. The molecule has 0 aliphatic carbocycles. The molecule has 0 aromatic carbocycles. The van der Waals surface area contributed by atoms with Gasteiger partial charge >= 0.3 is 0 Å². The molecule has 0 N–H and O–H groups in total. The molecule has 4 nitrogen and oxygen atoms in total. The lowest BCUT2D eigenvalue weighted by atomic mass is 10.2. The van der Waals surface area contributed by atoms with Gasteiger partial charge in [-0.3, -0.25) is 0 Å². The molecular formula is C10H22ClN3O. The molecule has 0 fully saturated rings. The largest absolute Gasteiger partial charge is 0.353 e. The highest BCUT2D eigenvalue weighted by atomic mass is 35.5. The number of nitrogens with zero attached hydrogens (tertiary/aromatic N) is 3. The standard InChI is InChI=1S/C10H22ClN3O/c1-8(15-10(2,3)4)14(7)9(11)12-13(5)6/h8H,1-7H3/b12-9-. The Labute approximate surface area is 97.8 Å². The van der Waals surface area contributed by atoms with Crippen molar-refractivity contribution >= 4 is 16.9 Å². The van der Waals surface area contributed by atoms with Gasteiger partial charge in [-0.05, 0) is 39.3 Å². The summed E-state index contributed by atoms with van der Waals surface area (Å²) in [7, 11) is 5.50. The number of hydrogen-bond donors (Lipinski definition) is 0. The predicted molar refractivity (Wildman–Crippen MR) is 65.0 cm³/mol. The van der Waals surface area contributed by atoms with Gasteiger partial charge in [0.05, 0.1) is 5.60 Å². The SMILES string of the molecule is CC(OC(C)(C)C)N(C)/C(Cl)=N\N(C)C. The summed E-state index contributed by atoms with van der Waals surface area (Å²) in [4.78, 5) is 1.78. The molecule has 5 heteroatoms. The first-order valence-corrected chi connectivity index (χ1v) is 5.33. The van der Waals surface area contributed by atoms with Gasteiger partial charge in [0.25, 0.3) is 0 Å². The molecule has 15 heavy (non-hydrogen) atoms. The van der Waals surface area contributed by atoms with Crippen LogP contribution in [0.2, 0.25) is 0 Å². The molecule has 0 saturated heterocycles. The number of halogens is 1. The average molecular weight is 236 g/mol. The van der Waals surface area contributed by atoms with Gasteiger partial charge in [-0.2, -0.15) is 0 Å². The Hall–Kier alpha value is -0.480. The lowest BCUT2D eigenvalue weighted by Crippen LogP contribution is -2.39. The fourth-order valence-corrected chi connectivity index (χ4v) is 1.26. The summed E-state index contributed by atoms with van der Waals surface area (Å²) in [5.41, 5.74) is -0.192. The van der Waals surface area contributed by atoms with Gasteiger partial charge in [0.15, 0.2) is 0 Å². The van der Waals surface area contributed by atoms with Crippen LogP contribution in [-0.4, -0.2) is 48.2 Å². The molecule has 0 bridgehead atoms. The molecule has 1 atom stereocenters. The quantitative estimate of drug-likeness (QED) is 0.247. The molecule has 0 aliphatic rings. The zero-order valence-electron chi connectivity index (χ0n) is 10.7. The van der Waals surface area contributed by atoms with Crippen molar-refractivity contribution in [3.63, 3.8) is 0 Å². The molecule has 0 radical (unpaired) electrons. The highest BCUT2D eigenvalue weighted by Gasteiger charge is 2.20. The molecule has 0 heterocycles. The van der Waals surface area contributed by atoms with Gasteiger partial charge in [-0.1, -0.05) is 0 Å². The zero-order chi connectivity index (χ0) is 12.2. The van der Waals surface area contributed by atoms with Crippen molar-refractivity contribution in [2.75, 3.05) is 21.1 Å². The van der Waals surface area contributed by atoms with Gasteiger partial charge < -0.3 is 14.6 Å². The van der Waals surface area contributed by atoms with Crippen LogP contribution in [0.4, 0.5) is 0 Å². The minimum Gasteiger partial charge on any atom is -0.353 e. The van der Waals surface area contributed by atoms with Crippen LogP contribution in [0.1, 0.15) is 27.7 Å². The molecule has 0 aliphatic heterocycles. The molecular weight excluding hydrogens is 214 g/mol. The lowest BCUT2D eigenvalue weighted by molar-refractivity contribution is -0.0951. The van der Waals surface area contributed by atoms with E-state index >= 15 is 0 Å². The monoisotopic (exact) mass is 235 g/mol. The van der Waals surface area contributed by atoms with E-state index in [1.54, 1.807) is 9.91 Å². The number of hydrazone groups is 1. The normalized spacial score (nSPS) is 15.1. The number of hydrogen-bond acceptors (Lipinski definition) is 3. The highest BCUT2D eigenvalue weighted by molar-refractivity contribution is 6.64. The molecule has 0 aromatic rings. The minimum absolute atomic E-state index is 0.110. The van der Waals surface area contributed by atoms with E-state index in [4.69, 9.17) is 16.3 Å². The number of ether oxygens (including phenoxy) is 1. The van der Waals surface area contributed by atoms with E-state index in [1.807, 2.05) is 48.8 Å². The number of amidine groups is 1. The first kappa shape index (κ1) is 14.5. The van der Waals surface area contributed by atoms with E-state index in [1.165, 1.54) is 0 Å². The topological polar surface area (TPSA) is 28.1 Å². The third-order valence-corrected chi connectivity index (χ3v) is 1.99. The zero-order valence-corrected chi connectivity index (χ0v) is 11.5. The van der Waals surface area contributed by atoms with E-state index in [0.717, 1.165) is 0 Å². The van der Waals surface area contributed by atoms with Crippen molar-refractivity contribution in [2.24, 2.45) is 5.10 Å². The smallest absolute Gasteiger partial charge is 0.218 e. The van der Waals surface area contributed by atoms with Crippen molar-refractivity contribution in [1.29, 1.82) is 0 Å². The Morgan fingerprint density at radius 3 is 2.07 bits per heavy atom. The van der Waals surface area contributed by atoms with Crippen LogP contribution < -0.4 is 0 Å². The van der Waals surface area contributed by atoms with Crippen molar-refractivity contribution < 1.29 is 4.74 Å². The summed E-state index contributed by atoms with van der Waals surface area (Å²) in [6, 6.07) is 0. The molecule has 0 amide bonds. The van der Waals surface area contributed by atoms with Crippen molar-refractivity contribution in [3.05, 3.63) is 0 Å². The van der Waals surface area contributed by atoms with E-state index in [9.17, 15) is 0 Å². The van der Waals surface area contributed by atoms with E-state index in [0.29, 0.717) is 5.29 Å². The van der Waals surface area contributed by atoms with Crippen LogP contribution in [0.3, 0.4) is 0 Å². The van der Waals surface area contributed by atoms with Crippen LogP contribution in [0, 0.1) is 0 Å². The van der Waals surface area contributed by atoms with Crippen LogP contribution in [0.15, 0.2) is 5.10 Å². The van der Waals surface area contributed by atoms with E-state index in [-0.39, 0.29) is 11.8 Å². The summed E-state index contributed by atoms with van der Waals surface area (Å²) in [5, 5.41) is 6.16. The second-order valence-corrected chi connectivity index (χ2v) is 4.99. The van der Waals surface area contributed by atoms with Gasteiger partial charge in [-0.15, -0.1) is 5.10 Å². The van der Waals surface area contributed by atoms with Gasteiger partial charge in [0.2, 0.25) is 5.29 Å². The maximum Gasteiger partial charge on any atom is 0.218 e. The Kier molecular flexibility index (Phi) is 5.38. The molecule has 0 spiro atoms. The Morgan fingerprint density at radius 1 is 1.27 bits per heavy atom. The molecule has 0 aromatic heterocycles. The lowest BCUT2D eigenvalue weighted by Gasteiger charge is -2.31. The van der Waals surface area contributed by atoms with Crippen molar-refractivity contribution in [3.8, 4) is 0 Å². The minimum atomic E-state index is -0.192. The first-order chi connectivity index (χ1) is 6.63. The predicted octanol–water partition coefficient (Wildman–Crippen LogP) is 2.15. The van der Waals surface area contributed by atoms with Crippen molar-refractivity contribution in [1.82, 2.24) is 9.91 Å². The van der Waals surface area contributed by atoms with Gasteiger partial charge in [0, 0.05) is 21.1 Å². The fourth-order valence-electron chi connectivity index (χ4n) is 0.976. The maximum atomic E-state index is 6.00. The van der Waals surface area contributed by atoms with E-state index in [2.05, 4.69) is 5.10 Å². The third kappa shape index (κ3) is 6.57.